The lowest BCUT2D eigenvalue weighted by molar-refractivity contribution is -0.138. The quantitative estimate of drug-likeness (QED) is 0.885. The van der Waals surface area contributed by atoms with Gasteiger partial charge < -0.3 is 15.2 Å². The molecule has 1 saturated heterocycles. The minimum atomic E-state index is -0.133. The molecule has 1 saturated carbocycles. The third-order valence-electron chi connectivity index (χ3n) is 4.87. The minimum absolute atomic E-state index is 0.124. The van der Waals surface area contributed by atoms with Crippen molar-refractivity contribution in [1.29, 1.82) is 5.26 Å². The lowest BCUT2D eigenvalue weighted by Gasteiger charge is -2.32. The van der Waals surface area contributed by atoms with Crippen LogP contribution in [0.5, 0.6) is 0 Å². The van der Waals surface area contributed by atoms with Crippen LogP contribution in [0, 0.1) is 23.2 Å². The summed E-state index contributed by atoms with van der Waals surface area (Å²) in [4.78, 5) is 33.2. The van der Waals surface area contributed by atoms with E-state index >= 15 is 0 Å². The number of imidazole rings is 1. The third-order valence-corrected chi connectivity index (χ3v) is 4.87. The van der Waals surface area contributed by atoms with Gasteiger partial charge in [-0.05, 0) is 25.7 Å². The highest BCUT2D eigenvalue weighted by Crippen LogP contribution is 2.28. The smallest absolute Gasteiger partial charge is 0.228 e. The summed E-state index contributed by atoms with van der Waals surface area (Å²) in [7, 11) is 0. The first-order valence-electron chi connectivity index (χ1n) is 8.22. The molecule has 2 fully saturated rings. The third kappa shape index (κ3) is 3.36. The number of amides is 2. The van der Waals surface area contributed by atoms with Gasteiger partial charge in [-0.15, -0.1) is 0 Å². The molecule has 7 nitrogen and oxygen atoms in total. The summed E-state index contributed by atoms with van der Waals surface area (Å²) in [6.45, 7) is 1.28. The molecule has 2 heterocycles. The zero-order chi connectivity index (χ0) is 16.2. The Balaban J connectivity index is 1.51. The average Bonchev–Trinajstić information content (AvgIpc) is 3.25. The molecule has 0 spiro atoms. The molecule has 2 amide bonds. The number of nitriles is 1. The number of likely N-dealkylation sites (tertiary alicyclic amines) is 1. The van der Waals surface area contributed by atoms with Crippen molar-refractivity contribution in [2.24, 2.45) is 11.8 Å². The Morgan fingerprint density at radius 1 is 1.22 bits per heavy atom. The molecule has 1 aromatic heterocycles. The van der Waals surface area contributed by atoms with Crippen molar-refractivity contribution in [3.8, 4) is 6.07 Å². The van der Waals surface area contributed by atoms with E-state index in [2.05, 4.69) is 15.3 Å². The van der Waals surface area contributed by atoms with Crippen LogP contribution in [0.2, 0.25) is 0 Å². The molecule has 7 heteroatoms. The Morgan fingerprint density at radius 3 is 2.57 bits per heavy atom. The van der Waals surface area contributed by atoms with Crippen LogP contribution in [0.25, 0.3) is 0 Å². The molecule has 3 rings (SSSR count). The molecule has 1 aliphatic carbocycles. The molecule has 23 heavy (non-hydrogen) atoms. The Morgan fingerprint density at radius 2 is 1.91 bits per heavy atom. The summed E-state index contributed by atoms with van der Waals surface area (Å²) >= 11 is 0. The highest BCUT2D eigenvalue weighted by atomic mass is 16.2. The molecule has 2 N–H and O–H groups in total. The normalized spacial score (nSPS) is 19.5. The largest absolute Gasteiger partial charge is 0.342 e. The van der Waals surface area contributed by atoms with Gasteiger partial charge in [0.05, 0.1) is 6.33 Å². The second-order valence-corrected chi connectivity index (χ2v) is 6.31. The number of aromatic amines is 1. The van der Waals surface area contributed by atoms with E-state index in [-0.39, 0.29) is 35.2 Å². The number of hydrogen-bond donors (Lipinski definition) is 2. The highest BCUT2D eigenvalue weighted by molar-refractivity contribution is 5.92. The standard InChI is InChI=1S/C16H21N5O2/c17-9-13-14(19-10-18-13)20-15(22)11-5-7-21(8-6-11)16(23)12-3-1-2-4-12/h10-12H,1-8H2,(H,18,19)(H,20,22). The second-order valence-electron chi connectivity index (χ2n) is 6.31. The minimum Gasteiger partial charge on any atom is -0.342 e. The molecule has 0 atom stereocenters. The van der Waals surface area contributed by atoms with Gasteiger partial charge in [0.1, 0.15) is 6.07 Å². The van der Waals surface area contributed by atoms with Crippen molar-refractivity contribution in [2.75, 3.05) is 18.4 Å². The van der Waals surface area contributed by atoms with Crippen LogP contribution in [0.1, 0.15) is 44.2 Å². The molecule has 1 aliphatic heterocycles. The monoisotopic (exact) mass is 315 g/mol. The number of nitrogens with one attached hydrogen (secondary N) is 2. The SMILES string of the molecule is N#Cc1[nH]cnc1NC(=O)C1CCN(C(=O)C2CCCC2)CC1. The van der Waals surface area contributed by atoms with Crippen LogP contribution in [0.15, 0.2) is 6.33 Å². The molecule has 0 bridgehead atoms. The van der Waals surface area contributed by atoms with E-state index in [9.17, 15) is 9.59 Å². The van der Waals surface area contributed by atoms with Gasteiger partial charge in [0.15, 0.2) is 11.5 Å². The van der Waals surface area contributed by atoms with Gasteiger partial charge in [-0.3, -0.25) is 9.59 Å². The van der Waals surface area contributed by atoms with Crippen molar-refractivity contribution in [2.45, 2.75) is 38.5 Å². The van der Waals surface area contributed by atoms with Crippen LogP contribution in [-0.2, 0) is 9.59 Å². The molecule has 1 aromatic rings. The Bertz CT molecular complexity index is 619. The summed E-state index contributed by atoms with van der Waals surface area (Å²) in [6, 6.07) is 1.95. The van der Waals surface area contributed by atoms with Crippen LogP contribution in [0.3, 0.4) is 0 Å². The molecule has 122 valence electrons. The lowest BCUT2D eigenvalue weighted by Crippen LogP contribution is -2.43. The van der Waals surface area contributed by atoms with E-state index in [1.165, 1.54) is 6.33 Å². The fraction of sp³-hybridized carbons (Fsp3) is 0.625. The number of carbonyl (C=O) groups excluding carboxylic acids is 2. The Hall–Kier alpha value is -2.36. The van der Waals surface area contributed by atoms with Crippen molar-refractivity contribution < 1.29 is 9.59 Å². The van der Waals surface area contributed by atoms with Gasteiger partial charge >= 0.3 is 0 Å². The van der Waals surface area contributed by atoms with Gasteiger partial charge in [-0.2, -0.15) is 5.26 Å². The zero-order valence-corrected chi connectivity index (χ0v) is 13.0. The summed E-state index contributed by atoms with van der Waals surface area (Å²) in [6.07, 6.45) is 7.04. The predicted octanol–water partition coefficient (Wildman–Crippen LogP) is 1.65. The van der Waals surface area contributed by atoms with Gasteiger partial charge in [0.2, 0.25) is 11.8 Å². The number of anilines is 1. The van der Waals surface area contributed by atoms with Crippen LogP contribution in [0.4, 0.5) is 5.82 Å². The van der Waals surface area contributed by atoms with Crippen molar-refractivity contribution >= 4 is 17.6 Å². The summed E-state index contributed by atoms with van der Waals surface area (Å²) in [5, 5.41) is 11.6. The van der Waals surface area contributed by atoms with Gasteiger partial charge in [-0.1, -0.05) is 12.8 Å². The van der Waals surface area contributed by atoms with E-state index in [1.807, 2.05) is 11.0 Å². The number of aromatic nitrogens is 2. The van der Waals surface area contributed by atoms with Crippen molar-refractivity contribution in [1.82, 2.24) is 14.9 Å². The van der Waals surface area contributed by atoms with E-state index in [0.29, 0.717) is 25.9 Å². The maximum Gasteiger partial charge on any atom is 0.228 e. The molecule has 0 unspecified atom stereocenters. The first-order chi connectivity index (χ1) is 11.2. The fourth-order valence-corrected chi connectivity index (χ4v) is 3.49. The Labute approximate surface area is 135 Å². The van der Waals surface area contributed by atoms with Crippen molar-refractivity contribution in [3.63, 3.8) is 0 Å². The first-order valence-corrected chi connectivity index (χ1v) is 8.22. The predicted molar refractivity (Wildman–Crippen MR) is 83.2 cm³/mol. The molecule has 2 aliphatic rings. The van der Waals surface area contributed by atoms with Gasteiger partial charge in [0.25, 0.3) is 0 Å². The zero-order valence-electron chi connectivity index (χ0n) is 13.0. The van der Waals surface area contributed by atoms with Crippen LogP contribution >= 0.6 is 0 Å². The maximum atomic E-state index is 12.4. The van der Waals surface area contributed by atoms with E-state index in [1.54, 1.807) is 0 Å². The number of rotatable bonds is 3. The summed E-state index contributed by atoms with van der Waals surface area (Å²) < 4.78 is 0. The number of carbonyl (C=O) groups is 2. The van der Waals surface area contributed by atoms with E-state index in [4.69, 9.17) is 5.26 Å². The molecular weight excluding hydrogens is 294 g/mol. The summed E-state index contributed by atoms with van der Waals surface area (Å²) in [5.74, 6) is 0.484. The van der Waals surface area contributed by atoms with Crippen LogP contribution in [-0.4, -0.2) is 39.8 Å². The summed E-state index contributed by atoms with van der Waals surface area (Å²) in [5.41, 5.74) is 0.257. The highest BCUT2D eigenvalue weighted by Gasteiger charge is 2.32. The molecular formula is C16H21N5O2. The van der Waals surface area contributed by atoms with Crippen molar-refractivity contribution in [3.05, 3.63) is 12.0 Å². The van der Waals surface area contributed by atoms with Gasteiger partial charge in [-0.25, -0.2) is 4.98 Å². The van der Waals surface area contributed by atoms with Crippen LogP contribution < -0.4 is 5.32 Å². The first kappa shape index (κ1) is 15.5. The second kappa shape index (κ2) is 6.82. The lowest BCUT2D eigenvalue weighted by atomic mass is 9.94. The number of hydrogen-bond acceptors (Lipinski definition) is 4. The Kier molecular flexibility index (Phi) is 4.60. The topological polar surface area (TPSA) is 102 Å². The van der Waals surface area contributed by atoms with E-state index in [0.717, 1.165) is 25.7 Å². The molecule has 0 radical (unpaired) electrons. The average molecular weight is 315 g/mol. The fourth-order valence-electron chi connectivity index (χ4n) is 3.49. The number of H-pyrrole nitrogens is 1. The maximum absolute atomic E-state index is 12.4. The van der Waals surface area contributed by atoms with E-state index < -0.39 is 0 Å². The number of piperidine rings is 1. The molecule has 0 aromatic carbocycles. The number of nitrogens with zero attached hydrogens (tertiary/aromatic N) is 3. The van der Waals surface area contributed by atoms with Gasteiger partial charge in [0, 0.05) is 24.9 Å².